The van der Waals surface area contributed by atoms with Gasteiger partial charge in [-0.15, -0.1) is 0 Å². The van der Waals surface area contributed by atoms with Gasteiger partial charge in [0.1, 0.15) is 7.85 Å². The highest BCUT2D eigenvalue weighted by Gasteiger charge is 2.20. The van der Waals surface area contributed by atoms with Crippen LogP contribution in [-0.2, 0) is 4.74 Å². The zero-order valence-electron chi connectivity index (χ0n) is 5.31. The molecule has 0 aliphatic carbocycles. The minimum atomic E-state index is -0.321. The molecule has 1 saturated heterocycles. The lowest BCUT2D eigenvalue weighted by atomic mass is 9.78. The fraction of sp³-hybridized carbons (Fsp3) is 1.00. The predicted octanol–water partition coefficient (Wildman–Crippen LogP) is 1.07. The summed E-state index contributed by atoms with van der Waals surface area (Å²) in [5, 5.41) is 0. The first-order valence-electron chi connectivity index (χ1n) is 3.14. The minimum absolute atomic E-state index is 0.321. The van der Waals surface area contributed by atoms with Crippen molar-refractivity contribution in [1.29, 1.82) is 0 Å². The molecule has 1 atom stereocenters. The van der Waals surface area contributed by atoms with Gasteiger partial charge in [-0.3, -0.25) is 0 Å². The molecule has 1 heterocycles. The third kappa shape index (κ3) is 1.51. The highest BCUT2D eigenvalue weighted by Crippen LogP contribution is 2.19. The van der Waals surface area contributed by atoms with Gasteiger partial charge in [0.25, 0.3) is 0 Å². The van der Waals surface area contributed by atoms with E-state index in [0.29, 0.717) is 0 Å². The van der Waals surface area contributed by atoms with Gasteiger partial charge in [-0.2, -0.15) is 0 Å². The van der Waals surface area contributed by atoms with Crippen molar-refractivity contribution in [3.8, 4) is 0 Å². The van der Waals surface area contributed by atoms with Crippen molar-refractivity contribution < 1.29 is 4.74 Å². The molecule has 8 heavy (non-hydrogen) atoms. The summed E-state index contributed by atoms with van der Waals surface area (Å²) in [7, 11) is 5.66. The molecule has 1 nitrogen and oxygen atoms in total. The average molecular weight is 110 g/mol. The molecule has 0 aromatic rings. The van der Waals surface area contributed by atoms with Gasteiger partial charge in [-0.05, 0) is 26.2 Å². The van der Waals surface area contributed by atoms with Gasteiger partial charge in [-0.1, -0.05) is 0 Å². The monoisotopic (exact) mass is 110 g/mol. The summed E-state index contributed by atoms with van der Waals surface area (Å²) in [5.74, 6) is 0. The molecule has 0 aromatic heterocycles. The zero-order chi connectivity index (χ0) is 6.04. The smallest absolute Gasteiger partial charge is 0.113 e. The van der Waals surface area contributed by atoms with Crippen LogP contribution in [0.5, 0.6) is 0 Å². The van der Waals surface area contributed by atoms with Gasteiger partial charge in [0, 0.05) is 12.1 Å². The fourth-order valence-electron chi connectivity index (χ4n) is 0.956. The SMILES string of the molecule is [B]C1(C)CCCCO1. The van der Waals surface area contributed by atoms with Crippen LogP contribution in [0.3, 0.4) is 0 Å². The summed E-state index contributed by atoms with van der Waals surface area (Å²) in [6.45, 7) is 2.78. The Morgan fingerprint density at radius 3 is 2.50 bits per heavy atom. The molecule has 1 aliphatic rings. The molecule has 0 amide bonds. The first kappa shape index (κ1) is 6.15. The van der Waals surface area contributed by atoms with Gasteiger partial charge in [-0.25, -0.2) is 0 Å². The topological polar surface area (TPSA) is 9.23 Å². The van der Waals surface area contributed by atoms with E-state index in [2.05, 4.69) is 0 Å². The maximum Gasteiger partial charge on any atom is 0.113 e. The molecule has 1 aliphatic heterocycles. The molecule has 0 spiro atoms. The van der Waals surface area contributed by atoms with Crippen molar-refractivity contribution in [2.75, 3.05) is 6.61 Å². The normalized spacial score (nSPS) is 39.6. The molecule has 1 fully saturated rings. The second-order valence-electron chi connectivity index (χ2n) is 2.62. The van der Waals surface area contributed by atoms with Gasteiger partial charge in [0.15, 0.2) is 0 Å². The van der Waals surface area contributed by atoms with Crippen molar-refractivity contribution in [3.05, 3.63) is 0 Å². The van der Waals surface area contributed by atoms with E-state index in [9.17, 15) is 0 Å². The molecule has 1 unspecified atom stereocenters. The van der Waals surface area contributed by atoms with Crippen LogP contribution >= 0.6 is 0 Å². The predicted molar refractivity (Wildman–Crippen MR) is 34.0 cm³/mol. The van der Waals surface area contributed by atoms with Crippen molar-refractivity contribution in [2.24, 2.45) is 0 Å². The van der Waals surface area contributed by atoms with E-state index in [1.165, 1.54) is 12.8 Å². The lowest BCUT2D eigenvalue weighted by Crippen LogP contribution is -2.32. The summed E-state index contributed by atoms with van der Waals surface area (Å²) in [6, 6.07) is 0. The van der Waals surface area contributed by atoms with Crippen LogP contribution in [0, 0.1) is 0 Å². The summed E-state index contributed by atoms with van der Waals surface area (Å²) < 4.78 is 5.24. The van der Waals surface area contributed by atoms with E-state index in [1.807, 2.05) is 6.92 Å². The molecular weight excluding hydrogens is 98.9 g/mol. The molecule has 2 radical (unpaired) electrons. The number of ether oxygens (including phenoxy) is 1. The highest BCUT2D eigenvalue weighted by molar-refractivity contribution is 6.14. The fourth-order valence-corrected chi connectivity index (χ4v) is 0.956. The Labute approximate surface area is 51.8 Å². The summed E-state index contributed by atoms with van der Waals surface area (Å²) in [4.78, 5) is 0. The minimum Gasteiger partial charge on any atom is -0.385 e. The van der Waals surface area contributed by atoms with E-state index >= 15 is 0 Å². The van der Waals surface area contributed by atoms with Gasteiger partial charge < -0.3 is 4.74 Å². The van der Waals surface area contributed by atoms with Crippen LogP contribution in [0.2, 0.25) is 0 Å². The zero-order valence-corrected chi connectivity index (χ0v) is 5.31. The van der Waals surface area contributed by atoms with Gasteiger partial charge in [0.05, 0.1) is 0 Å². The van der Waals surface area contributed by atoms with Crippen LogP contribution in [0.1, 0.15) is 26.2 Å². The Balaban J connectivity index is 2.33. The quantitative estimate of drug-likeness (QED) is 0.424. The van der Waals surface area contributed by atoms with Gasteiger partial charge >= 0.3 is 0 Å². The van der Waals surface area contributed by atoms with Crippen LogP contribution in [0.4, 0.5) is 0 Å². The maximum atomic E-state index is 5.66. The third-order valence-electron chi connectivity index (χ3n) is 1.50. The number of hydrogen-bond acceptors (Lipinski definition) is 1. The van der Waals surface area contributed by atoms with Crippen LogP contribution < -0.4 is 0 Å². The number of rotatable bonds is 0. The van der Waals surface area contributed by atoms with E-state index < -0.39 is 0 Å². The van der Waals surface area contributed by atoms with Crippen LogP contribution in [0.25, 0.3) is 0 Å². The molecule has 1 rings (SSSR count). The van der Waals surface area contributed by atoms with E-state index in [1.54, 1.807) is 0 Å². The molecule has 2 heteroatoms. The average Bonchev–Trinajstić information content (AvgIpc) is 1.65. The largest absolute Gasteiger partial charge is 0.385 e. The van der Waals surface area contributed by atoms with Crippen molar-refractivity contribution in [1.82, 2.24) is 0 Å². The molecular formula is C6H11BO. The second-order valence-corrected chi connectivity index (χ2v) is 2.62. The molecule has 0 saturated carbocycles. The Kier molecular flexibility index (Phi) is 1.61. The first-order valence-corrected chi connectivity index (χ1v) is 3.14. The Bertz CT molecular complexity index is 72.6. The maximum absolute atomic E-state index is 5.66. The van der Waals surface area contributed by atoms with E-state index in [-0.39, 0.29) is 5.50 Å². The lowest BCUT2D eigenvalue weighted by Gasteiger charge is -2.30. The standard InChI is InChI=1S/C6H11BO/c1-6(7)4-2-3-5-8-6/h2-5H2,1H3. The number of hydrogen-bond donors (Lipinski definition) is 0. The summed E-state index contributed by atoms with van der Waals surface area (Å²) in [5.41, 5.74) is -0.321. The highest BCUT2D eigenvalue weighted by atomic mass is 16.5. The van der Waals surface area contributed by atoms with E-state index in [0.717, 1.165) is 13.0 Å². The Hall–Kier alpha value is 0.0249. The molecule has 44 valence electrons. The summed E-state index contributed by atoms with van der Waals surface area (Å²) >= 11 is 0. The first-order chi connectivity index (χ1) is 3.71. The van der Waals surface area contributed by atoms with Crippen LogP contribution in [0.15, 0.2) is 0 Å². The Morgan fingerprint density at radius 1 is 1.50 bits per heavy atom. The van der Waals surface area contributed by atoms with E-state index in [4.69, 9.17) is 12.6 Å². The third-order valence-corrected chi connectivity index (χ3v) is 1.50. The Morgan fingerprint density at radius 2 is 2.25 bits per heavy atom. The summed E-state index contributed by atoms with van der Waals surface area (Å²) in [6.07, 6.45) is 3.40. The van der Waals surface area contributed by atoms with Crippen molar-refractivity contribution in [2.45, 2.75) is 31.7 Å². The van der Waals surface area contributed by atoms with Crippen molar-refractivity contribution >= 4 is 7.85 Å². The lowest BCUT2D eigenvalue weighted by molar-refractivity contribution is -0.00436. The molecule has 0 N–H and O–H groups in total. The molecule has 0 aromatic carbocycles. The molecule has 0 bridgehead atoms. The van der Waals surface area contributed by atoms with Crippen LogP contribution in [-0.4, -0.2) is 20.0 Å². The van der Waals surface area contributed by atoms with Gasteiger partial charge in [0.2, 0.25) is 0 Å². The van der Waals surface area contributed by atoms with Crippen molar-refractivity contribution in [3.63, 3.8) is 0 Å². The second kappa shape index (κ2) is 2.10.